The lowest BCUT2D eigenvalue weighted by Crippen LogP contribution is -2.16. The van der Waals surface area contributed by atoms with Gasteiger partial charge in [0.1, 0.15) is 5.56 Å². The molecule has 6 nitrogen and oxygen atoms in total. The Bertz CT molecular complexity index is 412. The molecule has 0 aliphatic carbocycles. The van der Waals surface area contributed by atoms with Crippen molar-refractivity contribution < 1.29 is 9.94 Å². The Hall–Kier alpha value is -1.72. The average Bonchev–Trinajstić information content (AvgIpc) is 2.63. The van der Waals surface area contributed by atoms with Crippen LogP contribution in [0.3, 0.4) is 0 Å². The summed E-state index contributed by atoms with van der Waals surface area (Å²) in [7, 11) is 1.78. The van der Waals surface area contributed by atoms with Crippen LogP contribution in [0.5, 0.6) is 5.88 Å². The number of unbranched alkanes of at least 4 members (excludes halogenated alkanes) is 3. The van der Waals surface area contributed by atoms with Gasteiger partial charge < -0.3 is 15.7 Å². The number of hydrogen-bond donors (Lipinski definition) is 2. The number of amidine groups is 1. The standard InChI is InChI=1S/C12H22N4O2/c1-4-5-6-7-8-18-12-10(11(13)15-17)9(2)14-16(12)3/h17H,4-8H2,1-3H3,(H2,13,15). The van der Waals surface area contributed by atoms with Crippen LogP contribution in [0.25, 0.3) is 0 Å². The van der Waals surface area contributed by atoms with Crippen LogP contribution in [0, 0.1) is 6.92 Å². The number of nitrogens with two attached hydrogens (primary N) is 1. The highest BCUT2D eigenvalue weighted by atomic mass is 16.5. The van der Waals surface area contributed by atoms with E-state index >= 15 is 0 Å². The van der Waals surface area contributed by atoms with Gasteiger partial charge in [0.05, 0.1) is 12.3 Å². The van der Waals surface area contributed by atoms with Crippen LogP contribution in [-0.2, 0) is 7.05 Å². The SMILES string of the molecule is CCCCCCOc1c(C(N)=NO)c(C)nn1C. The fraction of sp³-hybridized carbons (Fsp3) is 0.667. The maximum absolute atomic E-state index is 8.76. The highest BCUT2D eigenvalue weighted by Gasteiger charge is 2.18. The van der Waals surface area contributed by atoms with E-state index in [4.69, 9.17) is 15.7 Å². The molecule has 1 aromatic rings. The normalized spacial score (nSPS) is 11.8. The summed E-state index contributed by atoms with van der Waals surface area (Å²) in [6.07, 6.45) is 4.54. The van der Waals surface area contributed by atoms with E-state index in [1.54, 1.807) is 18.7 Å². The highest BCUT2D eigenvalue weighted by Crippen LogP contribution is 2.21. The summed E-state index contributed by atoms with van der Waals surface area (Å²) >= 11 is 0. The van der Waals surface area contributed by atoms with E-state index in [1.807, 2.05) is 0 Å². The van der Waals surface area contributed by atoms with Crippen molar-refractivity contribution >= 4 is 5.84 Å². The number of nitrogens with zero attached hydrogens (tertiary/aromatic N) is 3. The van der Waals surface area contributed by atoms with Crippen molar-refractivity contribution in [3.63, 3.8) is 0 Å². The van der Waals surface area contributed by atoms with E-state index in [9.17, 15) is 0 Å². The second-order valence-electron chi connectivity index (χ2n) is 4.28. The van der Waals surface area contributed by atoms with E-state index in [1.165, 1.54) is 12.8 Å². The quantitative estimate of drug-likeness (QED) is 0.255. The Morgan fingerprint density at radius 3 is 2.78 bits per heavy atom. The number of aromatic nitrogens is 2. The fourth-order valence-electron chi connectivity index (χ4n) is 1.85. The van der Waals surface area contributed by atoms with Crippen LogP contribution >= 0.6 is 0 Å². The largest absolute Gasteiger partial charge is 0.477 e. The molecule has 1 heterocycles. The third-order valence-electron chi connectivity index (χ3n) is 2.77. The summed E-state index contributed by atoms with van der Waals surface area (Å²) in [6, 6.07) is 0. The van der Waals surface area contributed by atoms with Crippen molar-refractivity contribution in [3.05, 3.63) is 11.3 Å². The van der Waals surface area contributed by atoms with Gasteiger partial charge in [-0.25, -0.2) is 4.68 Å². The molecule has 0 saturated heterocycles. The fourth-order valence-corrected chi connectivity index (χ4v) is 1.85. The van der Waals surface area contributed by atoms with Gasteiger partial charge in [-0.3, -0.25) is 0 Å². The molecule has 0 aromatic carbocycles. The molecule has 1 rings (SSSR count). The first kappa shape index (κ1) is 14.3. The molecule has 0 bridgehead atoms. The molecule has 0 aliphatic heterocycles. The Kier molecular flexibility index (Phi) is 5.48. The molecule has 6 heteroatoms. The Balaban J connectivity index is 2.70. The molecular weight excluding hydrogens is 232 g/mol. The lowest BCUT2D eigenvalue weighted by Gasteiger charge is -2.08. The maximum atomic E-state index is 8.76. The third kappa shape index (κ3) is 3.38. The van der Waals surface area contributed by atoms with Gasteiger partial charge in [0.2, 0.25) is 5.88 Å². The summed E-state index contributed by atoms with van der Waals surface area (Å²) < 4.78 is 7.30. The van der Waals surface area contributed by atoms with Crippen molar-refractivity contribution in [1.82, 2.24) is 9.78 Å². The molecule has 0 saturated carbocycles. The van der Waals surface area contributed by atoms with Gasteiger partial charge in [0.25, 0.3) is 0 Å². The van der Waals surface area contributed by atoms with Crippen molar-refractivity contribution in [2.45, 2.75) is 39.5 Å². The molecule has 0 atom stereocenters. The van der Waals surface area contributed by atoms with Gasteiger partial charge in [-0.2, -0.15) is 5.10 Å². The molecule has 0 fully saturated rings. The van der Waals surface area contributed by atoms with E-state index < -0.39 is 0 Å². The van der Waals surface area contributed by atoms with E-state index in [2.05, 4.69) is 17.2 Å². The van der Waals surface area contributed by atoms with E-state index in [0.717, 1.165) is 12.8 Å². The minimum Gasteiger partial charge on any atom is -0.477 e. The maximum Gasteiger partial charge on any atom is 0.223 e. The minimum atomic E-state index is 0.0316. The summed E-state index contributed by atoms with van der Waals surface area (Å²) in [5.41, 5.74) is 6.88. The first-order chi connectivity index (χ1) is 8.61. The summed E-state index contributed by atoms with van der Waals surface area (Å²) in [4.78, 5) is 0. The van der Waals surface area contributed by atoms with Gasteiger partial charge in [0, 0.05) is 7.05 Å². The van der Waals surface area contributed by atoms with Crippen molar-refractivity contribution in [2.24, 2.45) is 17.9 Å². The molecule has 0 amide bonds. The first-order valence-electron chi connectivity index (χ1n) is 6.26. The Labute approximate surface area is 107 Å². The van der Waals surface area contributed by atoms with Crippen LogP contribution < -0.4 is 10.5 Å². The zero-order chi connectivity index (χ0) is 13.5. The second kappa shape index (κ2) is 6.88. The molecule has 18 heavy (non-hydrogen) atoms. The predicted octanol–water partition coefficient (Wildman–Crippen LogP) is 1.78. The molecule has 102 valence electrons. The van der Waals surface area contributed by atoms with Crippen LogP contribution in [-0.4, -0.2) is 27.4 Å². The molecule has 0 aliphatic rings. The smallest absolute Gasteiger partial charge is 0.223 e. The molecule has 1 aromatic heterocycles. The van der Waals surface area contributed by atoms with Gasteiger partial charge in [-0.05, 0) is 13.3 Å². The molecule has 0 spiro atoms. The summed E-state index contributed by atoms with van der Waals surface area (Å²) in [5.74, 6) is 0.587. The van der Waals surface area contributed by atoms with Gasteiger partial charge >= 0.3 is 0 Å². The van der Waals surface area contributed by atoms with Crippen LogP contribution in [0.4, 0.5) is 0 Å². The summed E-state index contributed by atoms with van der Waals surface area (Å²) in [6.45, 7) is 4.59. The topological polar surface area (TPSA) is 85.7 Å². The third-order valence-corrected chi connectivity index (χ3v) is 2.77. The average molecular weight is 254 g/mol. The monoisotopic (exact) mass is 254 g/mol. The van der Waals surface area contributed by atoms with Crippen molar-refractivity contribution in [2.75, 3.05) is 6.61 Å². The van der Waals surface area contributed by atoms with Crippen LogP contribution in [0.2, 0.25) is 0 Å². The summed E-state index contributed by atoms with van der Waals surface area (Å²) in [5, 5.41) is 16.0. The second-order valence-corrected chi connectivity index (χ2v) is 4.28. The lowest BCUT2D eigenvalue weighted by atomic mass is 10.2. The molecule has 3 N–H and O–H groups in total. The van der Waals surface area contributed by atoms with Gasteiger partial charge in [-0.1, -0.05) is 31.3 Å². The van der Waals surface area contributed by atoms with Crippen molar-refractivity contribution in [3.8, 4) is 5.88 Å². The number of oxime groups is 1. The zero-order valence-corrected chi connectivity index (χ0v) is 11.3. The first-order valence-corrected chi connectivity index (χ1v) is 6.26. The van der Waals surface area contributed by atoms with Crippen molar-refractivity contribution in [1.29, 1.82) is 0 Å². The highest BCUT2D eigenvalue weighted by molar-refractivity contribution is 6.00. The number of ether oxygens (including phenoxy) is 1. The lowest BCUT2D eigenvalue weighted by molar-refractivity contribution is 0.278. The molecule has 0 radical (unpaired) electrons. The van der Waals surface area contributed by atoms with E-state index in [-0.39, 0.29) is 5.84 Å². The Morgan fingerprint density at radius 2 is 2.17 bits per heavy atom. The van der Waals surface area contributed by atoms with Gasteiger partial charge in [0.15, 0.2) is 5.84 Å². The minimum absolute atomic E-state index is 0.0316. The number of rotatable bonds is 7. The van der Waals surface area contributed by atoms with Crippen LogP contribution in [0.1, 0.15) is 43.9 Å². The molecule has 0 unspecified atom stereocenters. The van der Waals surface area contributed by atoms with E-state index in [0.29, 0.717) is 23.7 Å². The number of hydrogen-bond acceptors (Lipinski definition) is 4. The van der Waals surface area contributed by atoms with Crippen LogP contribution in [0.15, 0.2) is 5.16 Å². The predicted molar refractivity (Wildman–Crippen MR) is 70.1 cm³/mol. The molecular formula is C12H22N4O2. The Morgan fingerprint density at radius 1 is 1.44 bits per heavy atom. The number of aryl methyl sites for hydroxylation is 2. The zero-order valence-electron chi connectivity index (χ0n) is 11.3. The van der Waals surface area contributed by atoms with Gasteiger partial charge in [-0.15, -0.1) is 0 Å².